The van der Waals surface area contributed by atoms with E-state index in [-0.39, 0.29) is 28.7 Å². The lowest BCUT2D eigenvalue weighted by Gasteiger charge is -2.14. The third-order valence-electron chi connectivity index (χ3n) is 5.77. The fraction of sp³-hybridized carbons (Fsp3) is 0.308. The lowest BCUT2D eigenvalue weighted by atomic mass is 9.92. The molecule has 1 N–H and O–H groups in total. The summed E-state index contributed by atoms with van der Waals surface area (Å²) in [5, 5.41) is 8.97. The minimum absolute atomic E-state index is 0.0343. The normalized spacial score (nSPS) is 13.9. The number of anilines is 1. The highest BCUT2D eigenvalue weighted by Crippen LogP contribution is 2.37. The molecule has 0 spiro atoms. The highest BCUT2D eigenvalue weighted by molar-refractivity contribution is 7.99. The van der Waals surface area contributed by atoms with Crippen LogP contribution in [-0.2, 0) is 10.2 Å². The summed E-state index contributed by atoms with van der Waals surface area (Å²) in [7, 11) is 0. The number of benzene rings is 2. The molecule has 8 heteroatoms. The maximum Gasteiger partial charge on any atom is 0.262 e. The van der Waals surface area contributed by atoms with E-state index in [1.54, 1.807) is 9.25 Å². The minimum atomic E-state index is -0.174. The van der Waals surface area contributed by atoms with E-state index in [9.17, 15) is 9.59 Å². The Balaban J connectivity index is 1.40. The number of hydrogen-bond acceptors (Lipinski definition) is 5. The predicted octanol–water partition coefficient (Wildman–Crippen LogP) is 4.95. The van der Waals surface area contributed by atoms with E-state index in [4.69, 9.17) is 10.1 Å². The van der Waals surface area contributed by atoms with Crippen LogP contribution in [0.25, 0.3) is 16.6 Å². The number of hydrogen-bond donors (Lipinski definition) is 1. The van der Waals surface area contributed by atoms with Gasteiger partial charge in [0.05, 0.1) is 28.0 Å². The molecule has 1 saturated carbocycles. The molecule has 34 heavy (non-hydrogen) atoms. The Hall–Kier alpha value is -3.39. The summed E-state index contributed by atoms with van der Waals surface area (Å²) in [5.74, 6) is 0.586. The standard InChI is InChI=1S/C26H27N5O2S/c1-26(2,3)21-15-22(31(29-21)18-9-5-4-6-10-18)28-23(32)16-34-25-27-20-12-8-7-11-19(20)24(33)30(25)17-13-14-17/h4-12,15,17H,13-14,16H2,1-3H3,(H,28,32). The average molecular weight is 474 g/mol. The molecule has 1 amide bonds. The molecular formula is C26H27N5O2S. The molecule has 0 radical (unpaired) electrons. The molecule has 0 aliphatic heterocycles. The Bertz CT molecular complexity index is 1410. The maximum atomic E-state index is 13.1. The van der Waals surface area contributed by atoms with E-state index in [2.05, 4.69) is 26.1 Å². The highest BCUT2D eigenvalue weighted by Gasteiger charge is 2.29. The number of amides is 1. The zero-order valence-electron chi connectivity index (χ0n) is 19.5. The van der Waals surface area contributed by atoms with Crippen LogP contribution in [0, 0.1) is 0 Å². The second-order valence-corrected chi connectivity index (χ2v) is 10.5. The number of fused-ring (bicyclic) bond motifs is 1. The third kappa shape index (κ3) is 4.50. The molecule has 0 unspecified atom stereocenters. The van der Waals surface area contributed by atoms with Crippen LogP contribution in [0.15, 0.2) is 70.6 Å². The molecule has 4 aromatic rings. The van der Waals surface area contributed by atoms with Crippen LogP contribution in [0.1, 0.15) is 45.3 Å². The Morgan fingerprint density at radius 2 is 1.79 bits per heavy atom. The van der Waals surface area contributed by atoms with E-state index in [0.717, 1.165) is 24.2 Å². The summed E-state index contributed by atoms with van der Waals surface area (Å²) >= 11 is 1.30. The van der Waals surface area contributed by atoms with Gasteiger partial charge in [-0.1, -0.05) is 62.9 Å². The molecule has 174 valence electrons. The number of thioether (sulfide) groups is 1. The van der Waals surface area contributed by atoms with Crippen molar-refractivity contribution in [3.63, 3.8) is 0 Å². The van der Waals surface area contributed by atoms with E-state index in [1.807, 2.05) is 60.7 Å². The number of aromatic nitrogens is 4. The molecule has 1 fully saturated rings. The van der Waals surface area contributed by atoms with Crippen molar-refractivity contribution in [2.45, 2.75) is 50.2 Å². The van der Waals surface area contributed by atoms with Gasteiger partial charge in [-0.2, -0.15) is 5.10 Å². The SMILES string of the molecule is CC(C)(C)c1cc(NC(=O)CSc2nc3ccccc3c(=O)n2C2CC2)n(-c2ccccc2)n1. The average Bonchev–Trinajstić information content (AvgIpc) is 3.56. The van der Waals surface area contributed by atoms with Crippen molar-refractivity contribution in [2.75, 3.05) is 11.1 Å². The number of carbonyl (C=O) groups is 1. The third-order valence-corrected chi connectivity index (χ3v) is 6.72. The van der Waals surface area contributed by atoms with Gasteiger partial charge in [-0.05, 0) is 37.1 Å². The summed E-state index contributed by atoms with van der Waals surface area (Å²) in [4.78, 5) is 30.8. The van der Waals surface area contributed by atoms with Crippen molar-refractivity contribution in [1.29, 1.82) is 0 Å². The summed E-state index contributed by atoms with van der Waals surface area (Å²) in [5.41, 5.74) is 2.22. The zero-order chi connectivity index (χ0) is 23.9. The van der Waals surface area contributed by atoms with Gasteiger partial charge in [-0.25, -0.2) is 9.67 Å². The van der Waals surface area contributed by atoms with Crippen LogP contribution in [0.2, 0.25) is 0 Å². The second kappa shape index (κ2) is 8.76. The molecular weight excluding hydrogens is 446 g/mol. The highest BCUT2D eigenvalue weighted by atomic mass is 32.2. The van der Waals surface area contributed by atoms with E-state index in [1.165, 1.54) is 11.8 Å². The number of rotatable bonds is 6. The topological polar surface area (TPSA) is 81.8 Å². The number of carbonyl (C=O) groups excluding carboxylic acids is 1. The monoisotopic (exact) mass is 473 g/mol. The van der Waals surface area contributed by atoms with Gasteiger partial charge in [0, 0.05) is 17.5 Å². The molecule has 2 aromatic carbocycles. The fourth-order valence-electron chi connectivity index (χ4n) is 3.79. The first-order valence-electron chi connectivity index (χ1n) is 11.4. The van der Waals surface area contributed by atoms with Gasteiger partial charge in [0.25, 0.3) is 5.56 Å². The van der Waals surface area contributed by atoms with Crippen LogP contribution < -0.4 is 10.9 Å². The van der Waals surface area contributed by atoms with Crippen LogP contribution in [0.4, 0.5) is 5.82 Å². The molecule has 1 aliphatic rings. The second-order valence-electron chi connectivity index (χ2n) is 9.57. The van der Waals surface area contributed by atoms with E-state index >= 15 is 0 Å². The number of para-hydroxylation sites is 2. The van der Waals surface area contributed by atoms with Gasteiger partial charge in [0.2, 0.25) is 5.91 Å². The first-order valence-corrected chi connectivity index (χ1v) is 12.4. The predicted molar refractivity (Wildman–Crippen MR) is 136 cm³/mol. The molecule has 2 heterocycles. The van der Waals surface area contributed by atoms with Crippen molar-refractivity contribution >= 4 is 34.4 Å². The van der Waals surface area contributed by atoms with Gasteiger partial charge in [-0.3, -0.25) is 14.2 Å². The lowest BCUT2D eigenvalue weighted by molar-refractivity contribution is -0.113. The first kappa shape index (κ1) is 22.4. The van der Waals surface area contributed by atoms with Crippen molar-refractivity contribution in [3.8, 4) is 5.69 Å². The molecule has 5 rings (SSSR count). The maximum absolute atomic E-state index is 13.1. The fourth-order valence-corrected chi connectivity index (χ4v) is 4.66. The van der Waals surface area contributed by atoms with Crippen LogP contribution in [0.3, 0.4) is 0 Å². The molecule has 0 bridgehead atoms. The minimum Gasteiger partial charge on any atom is -0.310 e. The first-order chi connectivity index (χ1) is 16.3. The summed E-state index contributed by atoms with van der Waals surface area (Å²) in [6, 6.07) is 19.2. The molecule has 0 saturated heterocycles. The molecule has 0 atom stereocenters. The lowest BCUT2D eigenvalue weighted by Crippen LogP contribution is -2.23. The summed E-state index contributed by atoms with van der Waals surface area (Å²) in [6.07, 6.45) is 1.93. The number of nitrogens with one attached hydrogen (secondary N) is 1. The van der Waals surface area contributed by atoms with Gasteiger partial charge in [-0.15, -0.1) is 0 Å². The molecule has 2 aromatic heterocycles. The van der Waals surface area contributed by atoms with Gasteiger partial charge in [0.1, 0.15) is 5.82 Å². The smallest absolute Gasteiger partial charge is 0.262 e. The Kier molecular flexibility index (Phi) is 5.77. The van der Waals surface area contributed by atoms with Crippen molar-refractivity contribution in [1.82, 2.24) is 19.3 Å². The van der Waals surface area contributed by atoms with Crippen LogP contribution in [0.5, 0.6) is 0 Å². The van der Waals surface area contributed by atoms with Gasteiger partial charge < -0.3 is 5.32 Å². The van der Waals surface area contributed by atoms with Crippen LogP contribution >= 0.6 is 11.8 Å². The Morgan fingerprint density at radius 1 is 1.09 bits per heavy atom. The largest absolute Gasteiger partial charge is 0.310 e. The van der Waals surface area contributed by atoms with Crippen LogP contribution in [-0.4, -0.2) is 31.0 Å². The number of nitrogens with zero attached hydrogens (tertiary/aromatic N) is 4. The van der Waals surface area contributed by atoms with Gasteiger partial charge in [0.15, 0.2) is 5.16 Å². The summed E-state index contributed by atoms with van der Waals surface area (Å²) in [6.45, 7) is 6.28. The Labute approximate surface area is 202 Å². The van der Waals surface area contributed by atoms with Crippen molar-refractivity contribution < 1.29 is 4.79 Å². The molecule has 1 aliphatic carbocycles. The Morgan fingerprint density at radius 3 is 2.50 bits per heavy atom. The van der Waals surface area contributed by atoms with E-state index in [0.29, 0.717) is 21.9 Å². The molecule has 7 nitrogen and oxygen atoms in total. The van der Waals surface area contributed by atoms with Crippen molar-refractivity contribution in [2.24, 2.45) is 0 Å². The zero-order valence-corrected chi connectivity index (χ0v) is 20.3. The van der Waals surface area contributed by atoms with Gasteiger partial charge >= 0.3 is 0 Å². The van der Waals surface area contributed by atoms with E-state index < -0.39 is 0 Å². The van der Waals surface area contributed by atoms with Crippen molar-refractivity contribution in [3.05, 3.63) is 76.7 Å². The quantitative estimate of drug-likeness (QED) is 0.317. The summed E-state index contributed by atoms with van der Waals surface area (Å²) < 4.78 is 3.52.